The summed E-state index contributed by atoms with van der Waals surface area (Å²) in [6, 6.07) is 0. The van der Waals surface area contributed by atoms with Crippen LogP contribution >= 0.6 is 0 Å². The Balaban J connectivity index is -0.0000000569. The Morgan fingerprint density at radius 3 is 1.42 bits per heavy atom. The zero-order valence-corrected chi connectivity index (χ0v) is 5.83. The molecule has 5 heteroatoms. The first-order chi connectivity index (χ1) is 4.47. The maximum Gasteiger partial charge on any atom is 0.411 e. The third kappa shape index (κ3) is 53.9. The van der Waals surface area contributed by atoms with Gasteiger partial charge in [-0.15, -0.1) is 0 Å². The van der Waals surface area contributed by atoms with Crippen molar-refractivity contribution >= 4 is 0 Å². The second-order valence-electron chi connectivity index (χ2n) is 1.32. The summed E-state index contributed by atoms with van der Waals surface area (Å²) >= 11 is 0. The van der Waals surface area contributed by atoms with E-state index in [1.165, 1.54) is 6.92 Å². The number of hydrogen-bond acceptors (Lipinski definition) is 1. The molecule has 0 unspecified atom stereocenters. The first-order valence-corrected chi connectivity index (χ1v) is 2.59. The van der Waals surface area contributed by atoms with Crippen LogP contribution in [0.25, 0.3) is 0 Å². The third-order valence-corrected chi connectivity index (χ3v) is 0.308. The molecule has 0 amide bonds. The summed E-state index contributed by atoms with van der Waals surface area (Å²) in [5.41, 5.74) is 0. The van der Waals surface area contributed by atoms with Crippen LogP contribution in [-0.4, -0.2) is 26.6 Å². The van der Waals surface area contributed by atoms with Crippen LogP contribution in [0, 0.1) is 0 Å². The molecule has 0 aromatic rings. The summed E-state index contributed by atoms with van der Waals surface area (Å²) in [6.07, 6.45) is -4.17. The van der Waals surface area contributed by atoms with Crippen LogP contribution in [0.4, 0.5) is 17.6 Å². The molecule has 0 aromatic carbocycles. The van der Waals surface area contributed by atoms with E-state index < -0.39 is 12.8 Å². The van der Waals surface area contributed by atoms with Crippen molar-refractivity contribution in [3.05, 3.63) is 0 Å². The second kappa shape index (κ2) is 13.3. The molecule has 0 fully saturated rings. The van der Waals surface area contributed by atoms with Crippen molar-refractivity contribution in [1.82, 2.24) is 0 Å². The Morgan fingerprint density at radius 1 is 1.17 bits per heavy atom. The average molecular weight is 194 g/mol. The number of methoxy groups -OCH3 is 1. The lowest BCUT2D eigenvalue weighted by Crippen LogP contribution is -2.14. The second-order valence-corrected chi connectivity index (χ2v) is 1.32. The Labute approximate surface area is 71.7 Å². The monoisotopic (exact) mass is 194 g/mol. The fourth-order valence-electron chi connectivity index (χ4n) is 0.164. The third-order valence-electron chi connectivity index (χ3n) is 0.308. The normalized spacial score (nSPS) is 8.50. The maximum atomic E-state index is 10.9. The van der Waals surface area contributed by atoms with Crippen LogP contribution in [0.1, 0.15) is 21.8 Å². The number of hydrogen-bond donors (Lipinski definition) is 0. The number of alkyl halides is 4. The molecule has 0 rings (SSSR count). The first kappa shape index (κ1) is 22.6. The van der Waals surface area contributed by atoms with Gasteiger partial charge in [-0.1, -0.05) is 14.9 Å². The van der Waals surface area contributed by atoms with Crippen LogP contribution in [0.2, 0.25) is 0 Å². The minimum absolute atomic E-state index is 0. The number of rotatable bonds is 1. The summed E-state index contributed by atoms with van der Waals surface area (Å²) in [6.45, 7) is 0.0486. The summed E-state index contributed by atoms with van der Waals surface area (Å²) < 4.78 is 46.9. The number of ether oxygens (including phenoxy) is 1. The molecule has 0 spiro atoms. The Bertz CT molecular complexity index is 62.9. The van der Waals surface area contributed by atoms with Gasteiger partial charge in [0, 0.05) is 7.11 Å². The molecule has 0 saturated carbocycles. The summed E-state index contributed by atoms with van der Waals surface area (Å²) in [4.78, 5) is 0. The predicted octanol–water partition coefficient (Wildman–Crippen LogP) is 3.44. The van der Waals surface area contributed by atoms with E-state index in [9.17, 15) is 17.6 Å². The standard InChI is InChI=1S/C3H5F3O.C2H5F.2CH4/c1-7-2-3(4,5)6;1-2-3;;/h2H2,1H3;2H2,1H3;2*1H4. The van der Waals surface area contributed by atoms with Gasteiger partial charge in [-0.3, -0.25) is 4.39 Å². The average Bonchev–Trinajstić information content (AvgIpc) is 1.63. The molecule has 0 aliphatic rings. The Morgan fingerprint density at radius 2 is 1.42 bits per heavy atom. The van der Waals surface area contributed by atoms with E-state index in [0.717, 1.165) is 7.11 Å². The van der Waals surface area contributed by atoms with Crippen molar-refractivity contribution in [2.75, 3.05) is 20.4 Å². The van der Waals surface area contributed by atoms with E-state index in [0.29, 0.717) is 0 Å². The van der Waals surface area contributed by atoms with Crippen molar-refractivity contribution < 1.29 is 22.3 Å². The molecule has 0 aliphatic heterocycles. The quantitative estimate of drug-likeness (QED) is 0.581. The van der Waals surface area contributed by atoms with Crippen LogP contribution in [-0.2, 0) is 4.74 Å². The molecule has 0 atom stereocenters. The highest BCUT2D eigenvalue weighted by molar-refractivity contribution is 4.41. The summed E-state index contributed by atoms with van der Waals surface area (Å²) in [5, 5.41) is 0. The van der Waals surface area contributed by atoms with E-state index in [1.54, 1.807) is 0 Å². The lowest BCUT2D eigenvalue weighted by Gasteiger charge is -2.01. The summed E-state index contributed by atoms with van der Waals surface area (Å²) in [7, 11) is 1.01. The predicted molar refractivity (Wildman–Crippen MR) is 43.0 cm³/mol. The minimum atomic E-state index is -4.17. The lowest BCUT2D eigenvalue weighted by molar-refractivity contribution is -0.167. The highest BCUT2D eigenvalue weighted by atomic mass is 19.4. The van der Waals surface area contributed by atoms with Gasteiger partial charge in [0.1, 0.15) is 6.61 Å². The molecule has 0 N–H and O–H groups in total. The summed E-state index contributed by atoms with van der Waals surface area (Å²) in [5.74, 6) is 0. The van der Waals surface area contributed by atoms with E-state index in [1.807, 2.05) is 0 Å². The van der Waals surface area contributed by atoms with Crippen molar-refractivity contribution in [3.8, 4) is 0 Å². The molecule has 80 valence electrons. The van der Waals surface area contributed by atoms with Crippen molar-refractivity contribution in [1.29, 1.82) is 0 Å². The largest absolute Gasteiger partial charge is 0.411 e. The van der Waals surface area contributed by atoms with E-state index in [4.69, 9.17) is 0 Å². The van der Waals surface area contributed by atoms with E-state index >= 15 is 0 Å². The zero-order valence-electron chi connectivity index (χ0n) is 5.83. The molecular weight excluding hydrogens is 176 g/mol. The molecule has 1 nitrogen and oxygen atoms in total. The van der Waals surface area contributed by atoms with Gasteiger partial charge in [0.25, 0.3) is 0 Å². The minimum Gasteiger partial charge on any atom is -0.375 e. The van der Waals surface area contributed by atoms with Crippen molar-refractivity contribution in [2.45, 2.75) is 28.0 Å². The highest BCUT2D eigenvalue weighted by Gasteiger charge is 2.26. The Hall–Kier alpha value is -0.320. The smallest absolute Gasteiger partial charge is 0.375 e. The van der Waals surface area contributed by atoms with Gasteiger partial charge in [0.05, 0.1) is 6.67 Å². The fourth-order valence-corrected chi connectivity index (χ4v) is 0.164. The fraction of sp³-hybridized carbons (Fsp3) is 1.00. The van der Waals surface area contributed by atoms with Crippen molar-refractivity contribution in [2.24, 2.45) is 0 Å². The molecule has 0 radical (unpaired) electrons. The molecule has 0 bridgehead atoms. The van der Waals surface area contributed by atoms with Gasteiger partial charge in [0.15, 0.2) is 0 Å². The van der Waals surface area contributed by atoms with Crippen LogP contribution < -0.4 is 0 Å². The van der Waals surface area contributed by atoms with Gasteiger partial charge in [-0.05, 0) is 6.92 Å². The lowest BCUT2D eigenvalue weighted by atomic mass is 10.7. The van der Waals surface area contributed by atoms with Gasteiger partial charge in [0.2, 0.25) is 0 Å². The highest BCUT2D eigenvalue weighted by Crippen LogP contribution is 2.13. The molecular formula is C7H18F4O. The van der Waals surface area contributed by atoms with E-state index in [-0.39, 0.29) is 21.5 Å². The Kier molecular flexibility index (Phi) is 25.0. The van der Waals surface area contributed by atoms with Crippen molar-refractivity contribution in [3.63, 3.8) is 0 Å². The van der Waals surface area contributed by atoms with Crippen LogP contribution in [0.3, 0.4) is 0 Å². The topological polar surface area (TPSA) is 9.23 Å². The molecule has 12 heavy (non-hydrogen) atoms. The van der Waals surface area contributed by atoms with Gasteiger partial charge >= 0.3 is 6.18 Å². The SMILES string of the molecule is C.C.CCF.COCC(F)(F)F. The van der Waals surface area contributed by atoms with Crippen LogP contribution in [0.15, 0.2) is 0 Å². The number of halogens is 4. The zero-order chi connectivity index (χ0) is 8.62. The van der Waals surface area contributed by atoms with Gasteiger partial charge in [-0.25, -0.2) is 0 Å². The molecule has 0 heterocycles. The molecule has 0 aromatic heterocycles. The molecule has 0 saturated heterocycles. The van der Waals surface area contributed by atoms with Gasteiger partial charge in [-0.2, -0.15) is 13.2 Å². The van der Waals surface area contributed by atoms with Gasteiger partial charge < -0.3 is 4.74 Å². The molecule has 0 aliphatic carbocycles. The van der Waals surface area contributed by atoms with Crippen LogP contribution in [0.5, 0.6) is 0 Å². The van der Waals surface area contributed by atoms with E-state index in [2.05, 4.69) is 4.74 Å². The maximum absolute atomic E-state index is 10.9. The first-order valence-electron chi connectivity index (χ1n) is 2.59.